The predicted octanol–water partition coefficient (Wildman–Crippen LogP) is 5.17. The van der Waals surface area contributed by atoms with Crippen molar-refractivity contribution in [3.8, 4) is 0 Å². The third kappa shape index (κ3) is 5.53. The molecule has 2 rings (SSSR count). The molecular weight excluding hydrogens is 307 g/mol. The van der Waals surface area contributed by atoms with Crippen molar-refractivity contribution in [2.45, 2.75) is 40.0 Å². The first-order valence-corrected chi connectivity index (χ1v) is 6.48. The van der Waals surface area contributed by atoms with Gasteiger partial charge in [0.15, 0.2) is 0 Å². The van der Waals surface area contributed by atoms with E-state index in [2.05, 4.69) is 38.2 Å². The van der Waals surface area contributed by atoms with Gasteiger partial charge >= 0.3 is 26.2 Å². The Morgan fingerprint density at radius 1 is 1.00 bits per heavy atom. The van der Waals surface area contributed by atoms with Crippen LogP contribution in [-0.4, -0.2) is 5.88 Å². The van der Waals surface area contributed by atoms with Crippen LogP contribution in [0.3, 0.4) is 0 Å². The van der Waals surface area contributed by atoms with E-state index in [1.165, 1.54) is 30.4 Å². The van der Waals surface area contributed by atoms with E-state index in [9.17, 15) is 0 Å². The molecule has 17 heavy (non-hydrogen) atoms. The van der Waals surface area contributed by atoms with Crippen molar-refractivity contribution in [3.05, 3.63) is 46.6 Å². The summed E-state index contributed by atoms with van der Waals surface area (Å²) in [4.78, 5) is 0. The largest absolute Gasteiger partial charge is 2.00 e. The van der Waals surface area contributed by atoms with Gasteiger partial charge in [0.1, 0.15) is 0 Å². The summed E-state index contributed by atoms with van der Waals surface area (Å²) < 4.78 is 0. The van der Waals surface area contributed by atoms with Gasteiger partial charge in [-0.1, -0.05) is 53.5 Å². The summed E-state index contributed by atoms with van der Waals surface area (Å²) in [6.07, 6.45) is 12.6. The van der Waals surface area contributed by atoms with Gasteiger partial charge in [-0.15, -0.1) is 11.6 Å². The van der Waals surface area contributed by atoms with Crippen molar-refractivity contribution in [2.75, 3.05) is 5.88 Å². The van der Waals surface area contributed by atoms with Gasteiger partial charge in [-0.05, 0) is 33.1 Å². The van der Waals surface area contributed by atoms with Gasteiger partial charge in [0.05, 0.1) is 0 Å². The molecule has 0 fully saturated rings. The van der Waals surface area contributed by atoms with Crippen LogP contribution < -0.4 is 0 Å². The van der Waals surface area contributed by atoms with Crippen LogP contribution in [0.1, 0.15) is 40.0 Å². The maximum Gasteiger partial charge on any atom is 2.00 e. The number of allylic oxidation sites excluding steroid dienone is 8. The van der Waals surface area contributed by atoms with Crippen LogP contribution >= 0.6 is 11.6 Å². The summed E-state index contributed by atoms with van der Waals surface area (Å²) in [5, 5.41) is 0. The third-order valence-electron chi connectivity index (χ3n) is 3.01. The van der Waals surface area contributed by atoms with E-state index >= 15 is 0 Å². The van der Waals surface area contributed by atoms with Crippen molar-refractivity contribution < 1.29 is 26.2 Å². The van der Waals surface area contributed by atoms with E-state index in [1.54, 1.807) is 11.1 Å². The van der Waals surface area contributed by atoms with E-state index < -0.39 is 0 Å². The monoisotopic (exact) mass is 326 g/mol. The molecule has 2 aliphatic carbocycles. The van der Waals surface area contributed by atoms with Crippen molar-refractivity contribution in [1.82, 2.24) is 0 Å². The third-order valence-corrected chi connectivity index (χ3v) is 3.01. The van der Waals surface area contributed by atoms with Crippen LogP contribution in [0.25, 0.3) is 0 Å². The summed E-state index contributed by atoms with van der Waals surface area (Å²) in [5.74, 6) is 0.722. The fourth-order valence-electron chi connectivity index (χ4n) is 1.99. The quantitative estimate of drug-likeness (QED) is 0.614. The molecule has 0 amide bonds. The molecule has 0 aromatic carbocycles. The normalized spacial score (nSPS) is 17.2. The van der Waals surface area contributed by atoms with Crippen LogP contribution in [0.4, 0.5) is 0 Å². The van der Waals surface area contributed by atoms with Crippen molar-refractivity contribution in [3.63, 3.8) is 0 Å². The SMILES string of the molecule is CC1=C(CC2=C(C)C=CC2)CC=C1.CCCl.[Zr+2]. The van der Waals surface area contributed by atoms with Gasteiger partial charge in [-0.25, -0.2) is 0 Å². The van der Waals surface area contributed by atoms with Gasteiger partial charge in [-0.2, -0.15) is 0 Å². The molecule has 0 heterocycles. The van der Waals surface area contributed by atoms with Gasteiger partial charge in [0.2, 0.25) is 0 Å². The van der Waals surface area contributed by atoms with Gasteiger partial charge in [-0.3, -0.25) is 0 Å². The maximum absolute atomic E-state index is 5.00. The first-order valence-electron chi connectivity index (χ1n) is 5.95. The first kappa shape index (κ1) is 17.1. The molecular formula is C15H21ClZr+2. The molecule has 90 valence electrons. The second-order valence-corrected chi connectivity index (χ2v) is 4.76. The van der Waals surface area contributed by atoms with Crippen LogP contribution in [0.5, 0.6) is 0 Å². The Morgan fingerprint density at radius 2 is 1.35 bits per heavy atom. The number of hydrogen-bond donors (Lipinski definition) is 0. The smallest absolute Gasteiger partial charge is 0.127 e. The molecule has 0 spiro atoms. The maximum atomic E-state index is 5.00. The molecule has 0 bridgehead atoms. The van der Waals surface area contributed by atoms with E-state index in [4.69, 9.17) is 11.6 Å². The zero-order chi connectivity index (χ0) is 12.0. The molecule has 0 saturated heterocycles. The Labute approximate surface area is 130 Å². The summed E-state index contributed by atoms with van der Waals surface area (Å²) >= 11 is 5.00. The predicted molar refractivity (Wildman–Crippen MR) is 73.9 cm³/mol. The molecule has 0 N–H and O–H groups in total. The zero-order valence-corrected chi connectivity index (χ0v) is 14.2. The number of alkyl halides is 1. The molecule has 0 unspecified atom stereocenters. The summed E-state index contributed by atoms with van der Waals surface area (Å²) in [7, 11) is 0. The zero-order valence-electron chi connectivity index (χ0n) is 11.0. The Kier molecular flexibility index (Phi) is 9.19. The Balaban J connectivity index is 0.000000583. The molecule has 2 heteroatoms. The van der Waals surface area contributed by atoms with Crippen LogP contribution in [0.15, 0.2) is 46.6 Å². The van der Waals surface area contributed by atoms with Gasteiger partial charge in [0.25, 0.3) is 0 Å². The topological polar surface area (TPSA) is 0 Å². The molecule has 0 aliphatic heterocycles. The Morgan fingerprint density at radius 3 is 1.59 bits per heavy atom. The molecule has 0 aromatic rings. The number of rotatable bonds is 2. The van der Waals surface area contributed by atoms with Crippen LogP contribution in [0.2, 0.25) is 0 Å². The average molecular weight is 328 g/mol. The second-order valence-electron chi connectivity index (χ2n) is 4.23. The van der Waals surface area contributed by atoms with Crippen molar-refractivity contribution >= 4 is 11.6 Å². The number of hydrogen-bond acceptors (Lipinski definition) is 0. The minimum Gasteiger partial charge on any atom is -0.127 e. The molecule has 0 radical (unpaired) electrons. The van der Waals surface area contributed by atoms with E-state index in [0.717, 1.165) is 5.88 Å². The minimum absolute atomic E-state index is 0. The molecule has 2 aliphatic rings. The Hall–Kier alpha value is 0.133. The summed E-state index contributed by atoms with van der Waals surface area (Å²) in [6, 6.07) is 0. The van der Waals surface area contributed by atoms with E-state index in [-0.39, 0.29) is 26.2 Å². The van der Waals surface area contributed by atoms with Crippen molar-refractivity contribution in [2.24, 2.45) is 0 Å². The summed E-state index contributed by atoms with van der Waals surface area (Å²) in [6.45, 7) is 6.33. The van der Waals surface area contributed by atoms with Gasteiger partial charge < -0.3 is 0 Å². The fraction of sp³-hybridized carbons (Fsp3) is 0.467. The van der Waals surface area contributed by atoms with E-state index in [1.807, 2.05) is 6.92 Å². The fourth-order valence-corrected chi connectivity index (χ4v) is 1.99. The first-order chi connectivity index (χ1) is 7.69. The Bertz CT molecular complexity index is 325. The molecule has 0 nitrogen and oxygen atoms in total. The average Bonchev–Trinajstić information content (AvgIpc) is 2.80. The second kappa shape index (κ2) is 9.11. The molecule has 0 saturated carbocycles. The number of halogens is 1. The molecule has 0 aromatic heterocycles. The minimum atomic E-state index is 0. The summed E-state index contributed by atoms with van der Waals surface area (Å²) in [5.41, 5.74) is 6.18. The van der Waals surface area contributed by atoms with Crippen molar-refractivity contribution in [1.29, 1.82) is 0 Å². The standard InChI is InChI=1S/C13H16.C2H5Cl.Zr/c1-10-5-3-7-12(10)9-13-8-4-6-11(13)2;1-2-3;/h3-6H,7-9H2,1-2H3;2H2,1H3;/q;;+2. The van der Waals surface area contributed by atoms with E-state index in [0.29, 0.717) is 0 Å². The van der Waals surface area contributed by atoms with Crippen LogP contribution in [-0.2, 0) is 26.2 Å². The molecule has 0 atom stereocenters. The van der Waals surface area contributed by atoms with Crippen LogP contribution in [0, 0.1) is 0 Å². The van der Waals surface area contributed by atoms with Gasteiger partial charge in [0, 0.05) is 5.88 Å².